The smallest absolute Gasteiger partial charge is 0.318 e. The summed E-state index contributed by atoms with van der Waals surface area (Å²) < 4.78 is 33.7. The van der Waals surface area contributed by atoms with Crippen LogP contribution in [0.1, 0.15) is 137 Å². The van der Waals surface area contributed by atoms with Crippen molar-refractivity contribution in [2.45, 2.75) is 155 Å². The van der Waals surface area contributed by atoms with Crippen molar-refractivity contribution in [3.8, 4) is 0 Å². The minimum atomic E-state index is -3.78. The van der Waals surface area contributed by atoms with Gasteiger partial charge in [-0.25, -0.2) is 13.2 Å². The molecule has 2 saturated heterocycles. The van der Waals surface area contributed by atoms with Crippen molar-refractivity contribution >= 4 is 39.4 Å². The Morgan fingerprint density at radius 1 is 0.857 bits per heavy atom. The Morgan fingerprint density at radius 2 is 1.52 bits per heavy atom. The van der Waals surface area contributed by atoms with Gasteiger partial charge in [-0.2, -0.15) is 0 Å². The first-order valence-electron chi connectivity index (χ1n) is 21.9. The van der Waals surface area contributed by atoms with Gasteiger partial charge in [-0.1, -0.05) is 60.3 Å². The summed E-state index contributed by atoms with van der Waals surface area (Å²) in [5.74, 6) is -1.49. The number of hydrogen-bond acceptors (Lipinski definition) is 8. The lowest BCUT2D eigenvalue weighted by Crippen LogP contribution is -2.55. The van der Waals surface area contributed by atoms with Gasteiger partial charge in [0.25, 0.3) is 0 Å². The molecule has 56 heavy (non-hydrogen) atoms. The van der Waals surface area contributed by atoms with Crippen LogP contribution in [0.25, 0.3) is 0 Å². The Bertz CT molecular complexity index is 1730. The van der Waals surface area contributed by atoms with Gasteiger partial charge in [0.2, 0.25) is 21.8 Å². The maximum Gasteiger partial charge on any atom is 0.318 e. The minimum Gasteiger partial charge on any atom is -0.378 e. The second kappa shape index (κ2) is 14.0. The number of carbonyl (C=O) groups is 5. The van der Waals surface area contributed by atoms with Crippen LogP contribution in [-0.4, -0.2) is 97.8 Å². The molecule has 4 amide bonds. The summed E-state index contributed by atoms with van der Waals surface area (Å²) >= 11 is 0. The zero-order valence-electron chi connectivity index (χ0n) is 34.5. The molecule has 2 spiro atoms. The summed E-state index contributed by atoms with van der Waals surface area (Å²) in [6.07, 6.45) is 12.0. The van der Waals surface area contributed by atoms with Crippen LogP contribution in [0.5, 0.6) is 0 Å². The van der Waals surface area contributed by atoms with Gasteiger partial charge in [0.1, 0.15) is 0 Å². The molecule has 0 unspecified atom stereocenters. The summed E-state index contributed by atoms with van der Waals surface area (Å²) in [4.78, 5) is 75.7. The molecule has 2 N–H and O–H groups in total. The second-order valence-electron chi connectivity index (χ2n) is 21.0. The third-order valence-corrected chi connectivity index (χ3v) is 18.5. The van der Waals surface area contributed by atoms with Gasteiger partial charge in [-0.3, -0.25) is 23.9 Å². The molecule has 8 rings (SSSR count). The monoisotopic (exact) mass is 798 g/mol. The van der Waals surface area contributed by atoms with Crippen LogP contribution in [0.15, 0.2) is 0 Å². The average molecular weight is 799 g/mol. The third-order valence-electron chi connectivity index (χ3n) is 16.7. The number of likely N-dealkylation sites (tertiary alicyclic amines) is 1. The molecule has 0 aromatic heterocycles. The van der Waals surface area contributed by atoms with Crippen molar-refractivity contribution in [3.05, 3.63) is 0 Å². The fraction of sp³-hybridized carbons (Fsp3) is 0.884. The van der Waals surface area contributed by atoms with Crippen LogP contribution >= 0.6 is 0 Å². The summed E-state index contributed by atoms with van der Waals surface area (Å²) in [5, 5.41) is 2.58. The number of rotatable bonds is 13. The maximum atomic E-state index is 15.3. The van der Waals surface area contributed by atoms with Crippen LogP contribution in [0.2, 0.25) is 0 Å². The summed E-state index contributed by atoms with van der Waals surface area (Å²) in [6.45, 7) is 12.8. The Kier molecular flexibility index (Phi) is 10.1. The highest BCUT2D eigenvalue weighted by Gasteiger charge is 2.85. The van der Waals surface area contributed by atoms with Crippen molar-refractivity contribution in [1.82, 2.24) is 19.8 Å². The first-order valence-corrected chi connectivity index (χ1v) is 23.5. The number of hydrogen-bond donors (Lipinski definition) is 2. The van der Waals surface area contributed by atoms with Gasteiger partial charge in [0.05, 0.1) is 36.0 Å². The molecule has 6 aliphatic carbocycles. The highest BCUT2D eigenvalue weighted by Crippen LogP contribution is 2.88. The summed E-state index contributed by atoms with van der Waals surface area (Å²) in [6, 6.07) is -1.72. The molecule has 6 atom stereocenters. The highest BCUT2D eigenvalue weighted by molar-refractivity contribution is 7.90. The molecule has 8 aliphatic rings. The number of nitrogens with zero attached hydrogens (tertiary/aromatic N) is 2. The third kappa shape index (κ3) is 6.74. The SMILES string of the molecule is CC(C)(C)[C@H](CC(=O)[C@@H](NC(=O)N1CCOCC1)C1CCCCC1)C(=O)N1C[C@]2(C[C@H]1C(=O)C[C@]1(C(=O)NS(=O)(=O)C3CC3)C[C@H]1C1CC1)C(C)(C)C21CCC1. The van der Waals surface area contributed by atoms with E-state index in [1.807, 2.05) is 20.8 Å². The topological polar surface area (TPSA) is 159 Å². The first kappa shape index (κ1) is 40.2. The number of nitrogens with one attached hydrogen (secondary N) is 2. The number of urea groups is 1. The van der Waals surface area contributed by atoms with Gasteiger partial charge < -0.3 is 19.9 Å². The number of amides is 4. The van der Waals surface area contributed by atoms with E-state index in [1.54, 1.807) is 9.80 Å². The van der Waals surface area contributed by atoms with E-state index >= 15 is 4.79 Å². The Balaban J connectivity index is 1.06. The average Bonchev–Trinajstić information content (AvgIpc) is 3.96. The number of morpholine rings is 1. The highest BCUT2D eigenvalue weighted by atomic mass is 32.2. The van der Waals surface area contributed by atoms with E-state index in [1.165, 1.54) is 0 Å². The number of ether oxygens (including phenoxy) is 1. The molecule has 0 aromatic rings. The largest absolute Gasteiger partial charge is 0.378 e. The fourth-order valence-electron chi connectivity index (χ4n) is 12.4. The van der Waals surface area contributed by atoms with E-state index in [-0.39, 0.29) is 64.4 Å². The van der Waals surface area contributed by atoms with Gasteiger partial charge in [0.15, 0.2) is 11.6 Å². The van der Waals surface area contributed by atoms with Crippen molar-refractivity contribution in [1.29, 1.82) is 0 Å². The predicted molar refractivity (Wildman–Crippen MR) is 209 cm³/mol. The van der Waals surface area contributed by atoms with E-state index in [9.17, 15) is 27.6 Å². The normalized spacial score (nSPS) is 33.4. The molecule has 6 saturated carbocycles. The molecule has 2 heterocycles. The number of fused-ring (bicyclic) bond motifs is 1. The standard InChI is InChI=1S/C43H66N4O8S/c1-39(2,3)30(22-33(48)35(28-10-7-6-8-11-28)44-38(52)46-18-20-55-21-19-46)36(50)47-26-43(40(4,5)42(43)16-9-17-42)24-32(47)34(49)25-41(23-31(41)27-12-13-27)37(51)45-56(53,54)29-14-15-29/h27-32,35H,6-26H2,1-5H3,(H,44,52)(H,45,51)/t30-,31+,32+,35+,41-,43-/m1/s1. The van der Waals surface area contributed by atoms with E-state index in [0.717, 1.165) is 64.2 Å². The summed E-state index contributed by atoms with van der Waals surface area (Å²) in [7, 11) is -3.78. The van der Waals surface area contributed by atoms with Crippen LogP contribution in [-0.2, 0) is 33.9 Å². The van der Waals surface area contributed by atoms with E-state index in [4.69, 9.17) is 4.74 Å². The lowest BCUT2D eigenvalue weighted by molar-refractivity contribution is -0.146. The van der Waals surface area contributed by atoms with Crippen LogP contribution in [0, 0.1) is 50.7 Å². The van der Waals surface area contributed by atoms with Crippen LogP contribution in [0.4, 0.5) is 4.79 Å². The van der Waals surface area contributed by atoms with E-state index in [0.29, 0.717) is 64.4 Å². The van der Waals surface area contributed by atoms with Crippen molar-refractivity contribution in [3.63, 3.8) is 0 Å². The van der Waals surface area contributed by atoms with Gasteiger partial charge >= 0.3 is 6.03 Å². The molecule has 12 nitrogen and oxygen atoms in total. The zero-order chi connectivity index (χ0) is 40.1. The minimum absolute atomic E-state index is 0.00361. The second-order valence-corrected chi connectivity index (χ2v) is 22.9. The zero-order valence-corrected chi connectivity index (χ0v) is 35.3. The molecule has 2 aliphatic heterocycles. The van der Waals surface area contributed by atoms with Gasteiger partial charge in [-0.05, 0) is 98.2 Å². The van der Waals surface area contributed by atoms with Crippen molar-refractivity contribution < 1.29 is 37.1 Å². The maximum absolute atomic E-state index is 15.3. The number of Topliss-reactive ketones (excluding diaryl/α,β-unsaturated/α-hetero) is 2. The number of sulfonamides is 1. The number of ketones is 2. The molecule has 0 aromatic carbocycles. The molecule has 312 valence electrons. The van der Waals surface area contributed by atoms with E-state index in [2.05, 4.69) is 23.9 Å². The molecule has 0 radical (unpaired) electrons. The molecular weight excluding hydrogens is 733 g/mol. The predicted octanol–water partition coefficient (Wildman–Crippen LogP) is 5.38. The number of carbonyl (C=O) groups excluding carboxylic acids is 5. The van der Waals surface area contributed by atoms with Crippen LogP contribution in [0.3, 0.4) is 0 Å². The first-order chi connectivity index (χ1) is 26.4. The Morgan fingerprint density at radius 3 is 2.07 bits per heavy atom. The van der Waals surface area contributed by atoms with Crippen molar-refractivity contribution in [2.24, 2.45) is 50.7 Å². The molecule has 13 heteroatoms. The molecule has 8 fully saturated rings. The Hall–Kier alpha value is -2.54. The molecule has 0 bridgehead atoms. The molecular formula is C43H66N4O8S. The summed E-state index contributed by atoms with van der Waals surface area (Å²) in [5.41, 5.74) is -1.94. The van der Waals surface area contributed by atoms with E-state index < -0.39 is 50.0 Å². The lowest BCUT2D eigenvalue weighted by atomic mass is 9.73. The van der Waals surface area contributed by atoms with Gasteiger partial charge in [0, 0.05) is 43.8 Å². The van der Waals surface area contributed by atoms with Crippen molar-refractivity contribution in [2.75, 3.05) is 32.8 Å². The quantitative estimate of drug-likeness (QED) is 0.252. The lowest BCUT2D eigenvalue weighted by Gasteiger charge is -2.37. The fourth-order valence-corrected chi connectivity index (χ4v) is 13.8. The van der Waals surface area contributed by atoms with Crippen LogP contribution < -0.4 is 10.0 Å². The Labute approximate surface area is 333 Å². The van der Waals surface area contributed by atoms with Gasteiger partial charge in [-0.15, -0.1) is 0 Å².